The highest BCUT2D eigenvalue weighted by atomic mass is 31.2. The van der Waals surface area contributed by atoms with E-state index >= 15 is 0 Å². The number of allylic oxidation sites excluding steroid dienone is 10. The number of phosphoric ester groups is 1. The quantitative estimate of drug-likeness (QED) is 0.0152. The standard InChI is InChI=1S/C44H74NO11P/c1-3-5-7-9-11-12-13-14-15-19-22-26-30-34-42(47)53-36-40(37-54-57(51,52)55-38-41(45)44(49)50)56-43(48)35-31-27-23-20-17-16-18-21-25-29-33-39(46)32-28-24-10-8-6-4-2/h6,8,16-17,21,23-25,27-29,33,39-41,46H,3-5,7,9-15,18-20,22,26,30-32,34-38,45H2,1-2H3,(H,49,50)(H,51,52)/b8-6-,17-16-,25-21-,27-23-,28-24-,33-29+/t39?,40-,41+/m1/s1. The molecule has 0 rings (SSSR count). The fourth-order valence-corrected chi connectivity index (χ4v) is 6.01. The molecule has 5 N–H and O–H groups in total. The van der Waals surface area contributed by atoms with Crippen LogP contribution < -0.4 is 5.73 Å². The Kier molecular flexibility index (Phi) is 36.3. The van der Waals surface area contributed by atoms with Gasteiger partial charge >= 0.3 is 25.7 Å². The third-order valence-electron chi connectivity index (χ3n) is 8.56. The van der Waals surface area contributed by atoms with E-state index in [0.29, 0.717) is 25.7 Å². The summed E-state index contributed by atoms with van der Waals surface area (Å²) in [5.41, 5.74) is 5.32. The van der Waals surface area contributed by atoms with Crippen molar-refractivity contribution in [1.82, 2.24) is 0 Å². The SMILES string of the molecule is CC/C=C\C/C=C\CC(O)/C=C/C=C\C/C=C\C/C=C\CCC(=O)O[C@H](COC(=O)CCCCCCCCCCCCCCC)COP(=O)(O)OC[C@H](N)C(=O)O. The van der Waals surface area contributed by atoms with Crippen molar-refractivity contribution < 1.29 is 52.6 Å². The second-order valence-electron chi connectivity index (χ2n) is 13.9. The first kappa shape index (κ1) is 53.9. The number of ether oxygens (including phenoxy) is 2. The highest BCUT2D eigenvalue weighted by molar-refractivity contribution is 7.47. The summed E-state index contributed by atoms with van der Waals surface area (Å²) in [6.07, 6.45) is 41.5. The lowest BCUT2D eigenvalue weighted by Crippen LogP contribution is -2.34. The second-order valence-corrected chi connectivity index (χ2v) is 15.4. The molecule has 0 aliphatic carbocycles. The fraction of sp³-hybridized carbons (Fsp3) is 0.659. The number of nitrogens with two attached hydrogens (primary N) is 1. The Morgan fingerprint density at radius 2 is 1.19 bits per heavy atom. The molecule has 0 aromatic heterocycles. The van der Waals surface area contributed by atoms with E-state index in [-0.39, 0.29) is 12.8 Å². The van der Waals surface area contributed by atoms with Crippen molar-refractivity contribution in [2.24, 2.45) is 5.73 Å². The molecule has 0 spiro atoms. The van der Waals surface area contributed by atoms with Crippen LogP contribution in [0, 0.1) is 0 Å². The Morgan fingerprint density at radius 1 is 0.649 bits per heavy atom. The zero-order valence-corrected chi connectivity index (χ0v) is 35.7. The summed E-state index contributed by atoms with van der Waals surface area (Å²) in [4.78, 5) is 45.9. The molecule has 0 saturated carbocycles. The molecule has 12 nitrogen and oxygen atoms in total. The highest BCUT2D eigenvalue weighted by Crippen LogP contribution is 2.43. The van der Waals surface area contributed by atoms with Gasteiger partial charge in [0.05, 0.1) is 19.3 Å². The first-order valence-electron chi connectivity index (χ1n) is 21.1. The molecule has 0 saturated heterocycles. The predicted molar refractivity (Wildman–Crippen MR) is 227 cm³/mol. The van der Waals surface area contributed by atoms with Crippen LogP contribution >= 0.6 is 7.82 Å². The van der Waals surface area contributed by atoms with Gasteiger partial charge < -0.3 is 30.3 Å². The summed E-state index contributed by atoms with van der Waals surface area (Å²) in [6.45, 7) is 2.52. The Balaban J connectivity index is 4.58. The first-order chi connectivity index (χ1) is 27.5. The third-order valence-corrected chi connectivity index (χ3v) is 9.51. The molecule has 13 heteroatoms. The van der Waals surface area contributed by atoms with Gasteiger partial charge in [0.1, 0.15) is 12.6 Å². The van der Waals surface area contributed by atoms with E-state index < -0.39 is 63.8 Å². The van der Waals surface area contributed by atoms with Crippen LogP contribution in [0.2, 0.25) is 0 Å². The number of aliphatic carboxylic acids is 1. The van der Waals surface area contributed by atoms with Gasteiger partial charge in [-0.2, -0.15) is 0 Å². The number of carbonyl (C=O) groups is 3. The van der Waals surface area contributed by atoms with Gasteiger partial charge in [-0.1, -0.05) is 164 Å². The molecular weight excluding hydrogens is 749 g/mol. The van der Waals surface area contributed by atoms with Gasteiger partial charge in [-0.05, 0) is 44.9 Å². The minimum absolute atomic E-state index is 0.0109. The van der Waals surface area contributed by atoms with Crippen LogP contribution in [0.15, 0.2) is 72.9 Å². The first-order valence-corrected chi connectivity index (χ1v) is 22.6. The summed E-state index contributed by atoms with van der Waals surface area (Å²) in [6, 6.07) is -1.54. The molecule has 0 aliphatic heterocycles. The minimum Gasteiger partial charge on any atom is -0.480 e. The van der Waals surface area contributed by atoms with Gasteiger partial charge in [0.15, 0.2) is 6.10 Å². The van der Waals surface area contributed by atoms with E-state index in [1.807, 2.05) is 54.7 Å². The predicted octanol–water partition coefficient (Wildman–Crippen LogP) is 9.92. The van der Waals surface area contributed by atoms with Crippen LogP contribution in [0.25, 0.3) is 0 Å². The van der Waals surface area contributed by atoms with E-state index in [1.165, 1.54) is 57.8 Å². The molecule has 326 valence electrons. The smallest absolute Gasteiger partial charge is 0.472 e. The molecule has 2 unspecified atom stereocenters. The number of hydrogen-bond acceptors (Lipinski definition) is 10. The topological polar surface area (TPSA) is 192 Å². The fourth-order valence-electron chi connectivity index (χ4n) is 5.23. The summed E-state index contributed by atoms with van der Waals surface area (Å²) in [5.74, 6) is -2.53. The third kappa shape index (κ3) is 38.2. The highest BCUT2D eigenvalue weighted by Gasteiger charge is 2.28. The number of carbonyl (C=O) groups excluding carboxylic acids is 2. The van der Waals surface area contributed by atoms with Crippen LogP contribution in [-0.2, 0) is 37.5 Å². The van der Waals surface area contributed by atoms with Crippen LogP contribution in [-0.4, -0.2) is 71.1 Å². The van der Waals surface area contributed by atoms with Gasteiger partial charge in [-0.15, -0.1) is 0 Å². The lowest BCUT2D eigenvalue weighted by Gasteiger charge is -2.20. The van der Waals surface area contributed by atoms with E-state index in [4.69, 9.17) is 24.8 Å². The van der Waals surface area contributed by atoms with Crippen LogP contribution in [0.4, 0.5) is 0 Å². The van der Waals surface area contributed by atoms with E-state index in [0.717, 1.165) is 38.5 Å². The van der Waals surface area contributed by atoms with Crippen molar-refractivity contribution in [1.29, 1.82) is 0 Å². The summed E-state index contributed by atoms with van der Waals surface area (Å²) in [5, 5.41) is 18.9. The maximum absolute atomic E-state index is 12.6. The van der Waals surface area contributed by atoms with Crippen molar-refractivity contribution in [3.8, 4) is 0 Å². The number of carboxylic acids is 1. The van der Waals surface area contributed by atoms with Crippen molar-refractivity contribution in [2.45, 2.75) is 167 Å². The van der Waals surface area contributed by atoms with Crippen LogP contribution in [0.5, 0.6) is 0 Å². The Labute approximate surface area is 343 Å². The molecule has 0 radical (unpaired) electrons. The number of aliphatic hydroxyl groups excluding tert-OH is 1. The molecule has 4 atom stereocenters. The maximum atomic E-state index is 12.6. The molecule has 0 aromatic carbocycles. The van der Waals surface area contributed by atoms with Crippen molar-refractivity contribution in [3.05, 3.63) is 72.9 Å². The van der Waals surface area contributed by atoms with Gasteiger partial charge in [0.2, 0.25) is 0 Å². The monoisotopic (exact) mass is 823 g/mol. The summed E-state index contributed by atoms with van der Waals surface area (Å²) >= 11 is 0. The number of phosphoric acid groups is 1. The zero-order chi connectivity index (χ0) is 42.2. The van der Waals surface area contributed by atoms with Crippen molar-refractivity contribution in [3.63, 3.8) is 0 Å². The van der Waals surface area contributed by atoms with Crippen LogP contribution in [0.1, 0.15) is 149 Å². The molecule has 0 bridgehead atoms. The van der Waals surface area contributed by atoms with Crippen molar-refractivity contribution in [2.75, 3.05) is 19.8 Å². The number of rotatable bonds is 38. The van der Waals surface area contributed by atoms with Gasteiger partial charge in [0.25, 0.3) is 0 Å². The number of esters is 2. The number of carboxylic acid groups (broad SMARTS) is 1. The van der Waals surface area contributed by atoms with Gasteiger partial charge in [-0.25, -0.2) is 4.57 Å². The average Bonchev–Trinajstić information content (AvgIpc) is 3.18. The number of aliphatic hydroxyl groups is 1. The van der Waals surface area contributed by atoms with Crippen LogP contribution in [0.3, 0.4) is 0 Å². The minimum atomic E-state index is -4.75. The summed E-state index contributed by atoms with van der Waals surface area (Å²) < 4.78 is 32.5. The lowest BCUT2D eigenvalue weighted by atomic mass is 10.0. The van der Waals surface area contributed by atoms with Gasteiger partial charge in [0, 0.05) is 12.8 Å². The normalized spacial score (nSPS) is 15.0. The summed E-state index contributed by atoms with van der Waals surface area (Å²) in [7, 11) is -4.75. The average molecular weight is 824 g/mol. The number of unbranched alkanes of at least 4 members (excludes halogenated alkanes) is 12. The van der Waals surface area contributed by atoms with Gasteiger partial charge in [-0.3, -0.25) is 23.4 Å². The molecule has 0 aromatic rings. The Morgan fingerprint density at radius 3 is 1.81 bits per heavy atom. The molecule has 0 fully saturated rings. The lowest BCUT2D eigenvalue weighted by molar-refractivity contribution is -0.161. The zero-order valence-electron chi connectivity index (χ0n) is 34.8. The van der Waals surface area contributed by atoms with E-state index in [1.54, 1.807) is 6.08 Å². The molecular formula is C44H74NO11P. The largest absolute Gasteiger partial charge is 0.480 e. The molecule has 0 heterocycles. The second kappa shape index (κ2) is 38.4. The van der Waals surface area contributed by atoms with E-state index in [2.05, 4.69) is 30.5 Å². The number of hydrogen-bond donors (Lipinski definition) is 4. The molecule has 57 heavy (non-hydrogen) atoms. The van der Waals surface area contributed by atoms with E-state index in [9.17, 15) is 28.9 Å². The Bertz CT molecular complexity index is 1260. The van der Waals surface area contributed by atoms with Crippen molar-refractivity contribution >= 4 is 25.7 Å². The Hall–Kier alpha value is -3.12. The maximum Gasteiger partial charge on any atom is 0.472 e. The molecule has 0 amide bonds. The molecule has 0 aliphatic rings.